The largest absolute Gasteiger partial charge is 0.353 e. The van der Waals surface area contributed by atoms with E-state index >= 15 is 0 Å². The van der Waals surface area contributed by atoms with Crippen molar-refractivity contribution in [2.75, 3.05) is 31.1 Å². The Hall–Kier alpha value is -4.08. The van der Waals surface area contributed by atoms with E-state index in [1.54, 1.807) is 29.3 Å². The second-order valence-corrected chi connectivity index (χ2v) is 7.72. The number of amides is 1. The Morgan fingerprint density at radius 2 is 1.85 bits per heavy atom. The Kier molecular flexibility index (Phi) is 5.55. The quantitative estimate of drug-likeness (QED) is 0.501. The van der Waals surface area contributed by atoms with Crippen molar-refractivity contribution in [1.82, 2.24) is 30.2 Å². The van der Waals surface area contributed by atoms with Gasteiger partial charge in [-0.1, -0.05) is 12.1 Å². The van der Waals surface area contributed by atoms with Crippen LogP contribution in [-0.4, -0.2) is 62.3 Å². The Labute approximate surface area is 189 Å². The molecular formula is C23H22FN7O2. The number of nitrogens with zero attached hydrogens (tertiary/aromatic N) is 6. The van der Waals surface area contributed by atoms with Crippen molar-refractivity contribution in [1.29, 1.82) is 0 Å². The minimum Gasteiger partial charge on any atom is -0.353 e. The fraction of sp³-hybridized carbons (Fsp3) is 0.261. The summed E-state index contributed by atoms with van der Waals surface area (Å²) in [5.41, 5.74) is 2.57. The Morgan fingerprint density at radius 1 is 1.09 bits per heavy atom. The molecule has 0 unspecified atom stereocenters. The zero-order valence-electron chi connectivity index (χ0n) is 18.0. The monoisotopic (exact) mass is 447 g/mol. The normalized spacial score (nSPS) is 14.0. The predicted molar refractivity (Wildman–Crippen MR) is 119 cm³/mol. The first-order valence-corrected chi connectivity index (χ1v) is 10.8. The highest BCUT2D eigenvalue weighted by Crippen LogP contribution is 2.21. The second kappa shape index (κ2) is 8.81. The molecule has 0 bridgehead atoms. The fourth-order valence-corrected chi connectivity index (χ4v) is 3.73. The highest BCUT2D eigenvalue weighted by Gasteiger charge is 2.24. The van der Waals surface area contributed by atoms with Gasteiger partial charge in [-0.15, -0.1) is 0 Å². The van der Waals surface area contributed by atoms with Crippen molar-refractivity contribution >= 4 is 11.7 Å². The van der Waals surface area contributed by atoms with Crippen molar-refractivity contribution in [3.05, 3.63) is 66.1 Å². The van der Waals surface area contributed by atoms with E-state index in [-0.39, 0.29) is 11.7 Å². The van der Waals surface area contributed by atoms with E-state index < -0.39 is 0 Å². The van der Waals surface area contributed by atoms with Crippen LogP contribution in [-0.2, 0) is 6.42 Å². The van der Waals surface area contributed by atoms with Gasteiger partial charge in [0.2, 0.25) is 11.7 Å². The molecule has 1 aliphatic heterocycles. The number of carbonyl (C=O) groups is 1. The molecule has 0 spiro atoms. The standard InChI is InChI=1S/C23H22FN7O2/c1-2-21-26-22(29-33-21)16-5-8-20(25-14-16)30-9-11-31(12-10-30)23(32)19-13-18(27-28-19)15-3-6-17(24)7-4-15/h3-8,13-14H,2,9-12H2,1H3,(H,27,28). The number of rotatable bonds is 5. The number of hydrogen-bond acceptors (Lipinski definition) is 7. The van der Waals surface area contributed by atoms with E-state index in [0.29, 0.717) is 55.7 Å². The highest BCUT2D eigenvalue weighted by atomic mass is 19.1. The van der Waals surface area contributed by atoms with E-state index in [2.05, 4.69) is 30.2 Å². The van der Waals surface area contributed by atoms with Crippen LogP contribution in [0.1, 0.15) is 23.3 Å². The maximum absolute atomic E-state index is 13.1. The lowest BCUT2D eigenvalue weighted by Crippen LogP contribution is -2.49. The molecule has 3 aromatic heterocycles. The van der Waals surface area contributed by atoms with Crippen molar-refractivity contribution in [2.45, 2.75) is 13.3 Å². The number of piperazine rings is 1. The molecule has 10 heteroatoms. The third kappa shape index (κ3) is 4.32. The molecule has 1 aromatic carbocycles. The van der Waals surface area contributed by atoms with Crippen LogP contribution in [0.25, 0.3) is 22.6 Å². The van der Waals surface area contributed by atoms with Gasteiger partial charge in [0.15, 0.2) is 0 Å². The first-order chi connectivity index (χ1) is 16.1. The summed E-state index contributed by atoms with van der Waals surface area (Å²) >= 11 is 0. The molecule has 0 atom stereocenters. The number of anilines is 1. The summed E-state index contributed by atoms with van der Waals surface area (Å²) in [6, 6.07) is 11.6. The molecule has 4 heterocycles. The average Bonchev–Trinajstić information content (AvgIpc) is 3.55. The number of benzene rings is 1. The second-order valence-electron chi connectivity index (χ2n) is 7.72. The van der Waals surface area contributed by atoms with Gasteiger partial charge in [-0.25, -0.2) is 9.37 Å². The SMILES string of the molecule is CCc1nc(-c2ccc(N3CCN(C(=O)c4cc(-c5ccc(F)cc5)n[nH]4)CC3)nc2)no1. The summed E-state index contributed by atoms with van der Waals surface area (Å²) in [4.78, 5) is 25.7. The number of H-pyrrole nitrogens is 1. The van der Waals surface area contributed by atoms with Gasteiger partial charge in [0.05, 0.1) is 5.69 Å². The van der Waals surface area contributed by atoms with E-state index in [1.807, 2.05) is 19.1 Å². The maximum atomic E-state index is 13.1. The van der Waals surface area contributed by atoms with Crippen molar-refractivity contribution in [2.24, 2.45) is 0 Å². The molecule has 1 saturated heterocycles. The minimum atomic E-state index is -0.312. The van der Waals surface area contributed by atoms with Gasteiger partial charge >= 0.3 is 0 Å². The topological polar surface area (TPSA) is 104 Å². The van der Waals surface area contributed by atoms with Gasteiger partial charge in [-0.3, -0.25) is 9.89 Å². The molecule has 4 aromatic rings. The molecule has 33 heavy (non-hydrogen) atoms. The van der Waals surface area contributed by atoms with E-state index in [9.17, 15) is 9.18 Å². The van der Waals surface area contributed by atoms with Crippen LogP contribution in [0, 0.1) is 5.82 Å². The molecular weight excluding hydrogens is 425 g/mol. The minimum absolute atomic E-state index is 0.109. The van der Waals surface area contributed by atoms with E-state index in [4.69, 9.17) is 4.52 Å². The molecule has 0 saturated carbocycles. The van der Waals surface area contributed by atoms with Crippen LogP contribution < -0.4 is 4.90 Å². The highest BCUT2D eigenvalue weighted by molar-refractivity contribution is 5.93. The molecule has 1 aliphatic rings. The van der Waals surface area contributed by atoms with Gasteiger partial charge < -0.3 is 14.3 Å². The molecule has 168 valence electrons. The van der Waals surface area contributed by atoms with Gasteiger partial charge in [0.1, 0.15) is 17.3 Å². The zero-order chi connectivity index (χ0) is 22.8. The number of carbonyl (C=O) groups excluding carboxylic acids is 1. The summed E-state index contributed by atoms with van der Waals surface area (Å²) in [6.45, 7) is 4.42. The summed E-state index contributed by atoms with van der Waals surface area (Å²) in [5.74, 6) is 1.54. The summed E-state index contributed by atoms with van der Waals surface area (Å²) in [7, 11) is 0. The lowest BCUT2D eigenvalue weighted by Gasteiger charge is -2.35. The van der Waals surface area contributed by atoms with Crippen LogP contribution in [0.3, 0.4) is 0 Å². The Bertz CT molecular complexity index is 1240. The van der Waals surface area contributed by atoms with Crippen LogP contribution >= 0.6 is 0 Å². The van der Waals surface area contributed by atoms with E-state index in [1.165, 1.54) is 12.1 Å². The number of pyridine rings is 1. The van der Waals surface area contributed by atoms with E-state index in [0.717, 1.165) is 16.9 Å². The van der Waals surface area contributed by atoms with Gasteiger partial charge in [0, 0.05) is 49.9 Å². The number of aryl methyl sites for hydroxylation is 1. The number of hydrogen-bond donors (Lipinski definition) is 1. The molecule has 1 amide bonds. The van der Waals surface area contributed by atoms with Crippen LogP contribution in [0.5, 0.6) is 0 Å². The third-order valence-electron chi connectivity index (χ3n) is 5.62. The molecule has 1 fully saturated rings. The van der Waals surface area contributed by atoms with Crippen LogP contribution in [0.15, 0.2) is 53.2 Å². The maximum Gasteiger partial charge on any atom is 0.272 e. The van der Waals surface area contributed by atoms with Crippen LogP contribution in [0.2, 0.25) is 0 Å². The number of halogens is 1. The van der Waals surface area contributed by atoms with Crippen molar-refractivity contribution in [3.63, 3.8) is 0 Å². The van der Waals surface area contributed by atoms with Gasteiger partial charge in [0.25, 0.3) is 5.91 Å². The average molecular weight is 447 g/mol. The third-order valence-corrected chi connectivity index (χ3v) is 5.62. The summed E-state index contributed by atoms with van der Waals surface area (Å²) in [5, 5.41) is 11.0. The molecule has 5 rings (SSSR count). The lowest BCUT2D eigenvalue weighted by atomic mass is 10.1. The lowest BCUT2D eigenvalue weighted by molar-refractivity contribution is 0.0740. The van der Waals surface area contributed by atoms with Gasteiger partial charge in [-0.05, 0) is 42.5 Å². The smallest absolute Gasteiger partial charge is 0.272 e. The molecule has 0 radical (unpaired) electrons. The molecule has 1 N–H and O–H groups in total. The summed E-state index contributed by atoms with van der Waals surface area (Å²) < 4.78 is 18.3. The van der Waals surface area contributed by atoms with Crippen molar-refractivity contribution in [3.8, 4) is 22.6 Å². The molecule has 0 aliphatic carbocycles. The van der Waals surface area contributed by atoms with Crippen molar-refractivity contribution < 1.29 is 13.7 Å². The Balaban J connectivity index is 1.20. The van der Waals surface area contributed by atoms with Gasteiger partial charge in [-0.2, -0.15) is 10.1 Å². The number of nitrogens with one attached hydrogen (secondary N) is 1. The number of aromatic amines is 1. The zero-order valence-corrected chi connectivity index (χ0v) is 18.0. The first kappa shape index (κ1) is 20.8. The predicted octanol–water partition coefficient (Wildman–Crippen LogP) is 3.19. The number of aromatic nitrogens is 5. The summed E-state index contributed by atoms with van der Waals surface area (Å²) in [6.07, 6.45) is 2.42. The Morgan fingerprint density at radius 3 is 2.52 bits per heavy atom. The van der Waals surface area contributed by atoms with Crippen LogP contribution in [0.4, 0.5) is 10.2 Å². The molecule has 9 nitrogen and oxygen atoms in total. The fourth-order valence-electron chi connectivity index (χ4n) is 3.73. The first-order valence-electron chi connectivity index (χ1n) is 10.8.